The predicted molar refractivity (Wildman–Crippen MR) is 63.1 cm³/mol. The molecule has 0 radical (unpaired) electrons. The maximum atomic E-state index is 3.56. The monoisotopic (exact) mass is 202 g/mol. The number of benzene rings is 1. The molecule has 1 aromatic rings. The Balaban J connectivity index is 1.71. The van der Waals surface area contributed by atoms with E-state index in [1.165, 1.54) is 42.5 Å². The Bertz CT molecular complexity index is 356. The molecule has 0 atom stereocenters. The molecule has 0 saturated heterocycles. The summed E-state index contributed by atoms with van der Waals surface area (Å²) in [4.78, 5) is 0. The van der Waals surface area contributed by atoms with Crippen molar-refractivity contribution in [2.75, 3.05) is 11.9 Å². The van der Waals surface area contributed by atoms with Gasteiger partial charge in [0.05, 0.1) is 0 Å². The molecule has 1 fully saturated rings. The summed E-state index contributed by atoms with van der Waals surface area (Å²) in [5, 5.41) is 7.01. The van der Waals surface area contributed by atoms with Gasteiger partial charge in [-0.1, -0.05) is 12.1 Å². The first kappa shape index (κ1) is 9.22. The topological polar surface area (TPSA) is 24.1 Å². The Morgan fingerprint density at radius 2 is 2.27 bits per heavy atom. The zero-order valence-electron chi connectivity index (χ0n) is 9.05. The summed E-state index contributed by atoms with van der Waals surface area (Å²) in [5.74, 6) is 0. The van der Waals surface area contributed by atoms with Crippen LogP contribution in [0.3, 0.4) is 0 Å². The summed E-state index contributed by atoms with van der Waals surface area (Å²) in [5.41, 5.74) is 4.28. The summed E-state index contributed by atoms with van der Waals surface area (Å²) < 4.78 is 0. The van der Waals surface area contributed by atoms with Gasteiger partial charge in [0.1, 0.15) is 0 Å². The lowest BCUT2D eigenvalue weighted by Gasteiger charge is -2.18. The standard InChI is InChI=1S/C13H18N2/c1-2-11-8-10(9-15-12-4-5-12)3-6-13(11)14-7-1/h3,6,8,12,14-15H,1-2,4-5,7,9H2. The molecule has 0 amide bonds. The van der Waals surface area contributed by atoms with E-state index in [0.717, 1.165) is 19.1 Å². The van der Waals surface area contributed by atoms with Gasteiger partial charge < -0.3 is 10.6 Å². The van der Waals surface area contributed by atoms with Crippen molar-refractivity contribution < 1.29 is 0 Å². The molecule has 1 saturated carbocycles. The third-order valence-electron chi connectivity index (χ3n) is 3.28. The van der Waals surface area contributed by atoms with E-state index in [4.69, 9.17) is 0 Å². The lowest BCUT2D eigenvalue weighted by molar-refractivity contribution is 0.686. The number of anilines is 1. The number of fused-ring (bicyclic) bond motifs is 1. The Morgan fingerprint density at radius 1 is 1.33 bits per heavy atom. The van der Waals surface area contributed by atoms with E-state index in [-0.39, 0.29) is 0 Å². The highest BCUT2D eigenvalue weighted by atomic mass is 14.9. The molecule has 2 heteroatoms. The Hall–Kier alpha value is -1.02. The van der Waals surface area contributed by atoms with Gasteiger partial charge in [0.25, 0.3) is 0 Å². The van der Waals surface area contributed by atoms with Crippen molar-refractivity contribution in [2.24, 2.45) is 0 Å². The average molecular weight is 202 g/mol. The predicted octanol–water partition coefficient (Wildman–Crippen LogP) is 2.30. The Labute approximate surface area is 91.1 Å². The molecule has 0 spiro atoms. The maximum Gasteiger partial charge on any atom is 0.0372 e. The molecular formula is C13H18N2. The summed E-state index contributed by atoms with van der Waals surface area (Å²) >= 11 is 0. The third kappa shape index (κ3) is 2.15. The lowest BCUT2D eigenvalue weighted by atomic mass is 10.0. The smallest absolute Gasteiger partial charge is 0.0372 e. The van der Waals surface area contributed by atoms with Crippen LogP contribution in [0.4, 0.5) is 5.69 Å². The van der Waals surface area contributed by atoms with E-state index in [2.05, 4.69) is 28.8 Å². The largest absolute Gasteiger partial charge is 0.385 e. The van der Waals surface area contributed by atoms with Gasteiger partial charge in [0.2, 0.25) is 0 Å². The summed E-state index contributed by atoms with van der Waals surface area (Å²) in [6.45, 7) is 2.17. The van der Waals surface area contributed by atoms with Gasteiger partial charge in [-0.25, -0.2) is 0 Å². The van der Waals surface area contributed by atoms with Gasteiger partial charge in [-0.15, -0.1) is 0 Å². The average Bonchev–Trinajstić information content (AvgIpc) is 3.10. The molecular weight excluding hydrogens is 184 g/mol. The van der Waals surface area contributed by atoms with Crippen molar-refractivity contribution in [2.45, 2.75) is 38.3 Å². The molecule has 15 heavy (non-hydrogen) atoms. The van der Waals surface area contributed by atoms with Crippen LogP contribution < -0.4 is 10.6 Å². The zero-order chi connectivity index (χ0) is 10.1. The SMILES string of the molecule is c1cc2c(cc1CNC1CC1)CCCN2. The molecule has 0 bridgehead atoms. The first-order chi connectivity index (χ1) is 7.42. The minimum absolute atomic E-state index is 0.805. The van der Waals surface area contributed by atoms with E-state index in [9.17, 15) is 0 Å². The number of rotatable bonds is 3. The second-order valence-corrected chi connectivity index (χ2v) is 4.68. The van der Waals surface area contributed by atoms with E-state index in [1.54, 1.807) is 0 Å². The van der Waals surface area contributed by atoms with Crippen LogP contribution in [0.15, 0.2) is 18.2 Å². The van der Waals surface area contributed by atoms with Gasteiger partial charge >= 0.3 is 0 Å². The van der Waals surface area contributed by atoms with E-state index in [0.29, 0.717) is 0 Å². The normalized spacial score (nSPS) is 19.5. The van der Waals surface area contributed by atoms with Crippen molar-refractivity contribution in [3.8, 4) is 0 Å². The molecule has 1 aromatic carbocycles. The molecule has 80 valence electrons. The van der Waals surface area contributed by atoms with Crippen molar-refractivity contribution in [3.63, 3.8) is 0 Å². The second-order valence-electron chi connectivity index (χ2n) is 4.68. The molecule has 1 aliphatic heterocycles. The summed E-state index contributed by atoms with van der Waals surface area (Å²) in [6.07, 6.45) is 5.24. The zero-order valence-corrected chi connectivity index (χ0v) is 9.05. The lowest BCUT2D eigenvalue weighted by Crippen LogP contribution is -2.16. The fraction of sp³-hybridized carbons (Fsp3) is 0.538. The van der Waals surface area contributed by atoms with E-state index in [1.807, 2.05) is 0 Å². The van der Waals surface area contributed by atoms with Crippen LogP contribution in [-0.4, -0.2) is 12.6 Å². The first-order valence-electron chi connectivity index (χ1n) is 6.01. The molecule has 2 nitrogen and oxygen atoms in total. The molecule has 0 unspecified atom stereocenters. The van der Waals surface area contributed by atoms with Crippen LogP contribution in [-0.2, 0) is 13.0 Å². The highest BCUT2D eigenvalue weighted by Gasteiger charge is 2.20. The molecule has 3 rings (SSSR count). The van der Waals surface area contributed by atoms with Gasteiger partial charge in [-0.2, -0.15) is 0 Å². The summed E-state index contributed by atoms with van der Waals surface area (Å²) in [6, 6.07) is 7.64. The number of hydrogen-bond acceptors (Lipinski definition) is 2. The Kier molecular flexibility index (Phi) is 2.37. The first-order valence-corrected chi connectivity index (χ1v) is 6.01. The third-order valence-corrected chi connectivity index (χ3v) is 3.28. The molecule has 2 N–H and O–H groups in total. The highest BCUT2D eigenvalue weighted by Crippen LogP contribution is 2.24. The van der Waals surface area contributed by atoms with Crippen molar-refractivity contribution >= 4 is 5.69 Å². The fourth-order valence-electron chi connectivity index (χ4n) is 2.19. The highest BCUT2D eigenvalue weighted by molar-refractivity contribution is 5.54. The van der Waals surface area contributed by atoms with Gasteiger partial charge in [-0.3, -0.25) is 0 Å². The number of aryl methyl sites for hydroxylation is 1. The maximum absolute atomic E-state index is 3.56. The fourth-order valence-corrected chi connectivity index (χ4v) is 2.19. The van der Waals surface area contributed by atoms with Crippen LogP contribution in [0.1, 0.15) is 30.4 Å². The van der Waals surface area contributed by atoms with Crippen molar-refractivity contribution in [3.05, 3.63) is 29.3 Å². The van der Waals surface area contributed by atoms with Crippen molar-refractivity contribution in [1.29, 1.82) is 0 Å². The molecule has 2 aliphatic rings. The Morgan fingerprint density at radius 3 is 3.13 bits per heavy atom. The quantitative estimate of drug-likeness (QED) is 0.786. The van der Waals surface area contributed by atoms with Crippen LogP contribution in [0, 0.1) is 0 Å². The van der Waals surface area contributed by atoms with Crippen LogP contribution in [0.25, 0.3) is 0 Å². The van der Waals surface area contributed by atoms with Crippen LogP contribution in [0.2, 0.25) is 0 Å². The number of hydrogen-bond donors (Lipinski definition) is 2. The summed E-state index contributed by atoms with van der Waals surface area (Å²) in [7, 11) is 0. The molecule has 1 heterocycles. The van der Waals surface area contributed by atoms with Crippen molar-refractivity contribution in [1.82, 2.24) is 5.32 Å². The molecule has 1 aliphatic carbocycles. The van der Waals surface area contributed by atoms with E-state index < -0.39 is 0 Å². The van der Waals surface area contributed by atoms with Crippen LogP contribution in [0.5, 0.6) is 0 Å². The van der Waals surface area contributed by atoms with Crippen LogP contribution >= 0.6 is 0 Å². The molecule has 0 aromatic heterocycles. The number of nitrogens with one attached hydrogen (secondary N) is 2. The minimum atomic E-state index is 0.805. The van der Waals surface area contributed by atoms with Gasteiger partial charge in [0, 0.05) is 24.8 Å². The van der Waals surface area contributed by atoms with Gasteiger partial charge in [0.15, 0.2) is 0 Å². The second kappa shape index (κ2) is 3.86. The van der Waals surface area contributed by atoms with E-state index >= 15 is 0 Å². The van der Waals surface area contributed by atoms with Gasteiger partial charge in [-0.05, 0) is 42.9 Å². The minimum Gasteiger partial charge on any atom is -0.385 e.